The number of aliphatic hydroxyl groups is 1. The number of rotatable bonds is 1. The van der Waals surface area contributed by atoms with Gasteiger partial charge in [-0.25, -0.2) is 0 Å². The van der Waals surface area contributed by atoms with Gasteiger partial charge in [-0.1, -0.05) is 6.08 Å². The smallest absolute Gasteiger partial charge is 0.169 e. The van der Waals surface area contributed by atoms with Crippen molar-refractivity contribution >= 4 is 17.1 Å². The van der Waals surface area contributed by atoms with Gasteiger partial charge in [-0.05, 0) is 25.0 Å². The third-order valence-corrected chi connectivity index (χ3v) is 2.26. The summed E-state index contributed by atoms with van der Waals surface area (Å²) in [5.74, 6) is 0.429. The highest BCUT2D eigenvalue weighted by molar-refractivity contribution is 5.77. The zero-order chi connectivity index (χ0) is 10.8. The van der Waals surface area contributed by atoms with Crippen LogP contribution in [0, 0.1) is 0 Å². The van der Waals surface area contributed by atoms with E-state index in [0.717, 1.165) is 12.8 Å². The van der Waals surface area contributed by atoms with E-state index in [-0.39, 0.29) is 11.6 Å². The van der Waals surface area contributed by atoms with E-state index in [4.69, 9.17) is 11.5 Å². The van der Waals surface area contributed by atoms with Crippen LogP contribution < -0.4 is 11.5 Å². The number of aromatic nitrogens is 2. The van der Waals surface area contributed by atoms with Gasteiger partial charge in [0.2, 0.25) is 0 Å². The van der Waals surface area contributed by atoms with Crippen molar-refractivity contribution in [2.24, 2.45) is 0 Å². The molecule has 1 heterocycles. The van der Waals surface area contributed by atoms with Gasteiger partial charge in [0.1, 0.15) is 5.76 Å². The first-order valence-electron chi connectivity index (χ1n) is 4.67. The molecule has 0 unspecified atom stereocenters. The highest BCUT2D eigenvalue weighted by Gasteiger charge is 2.12. The van der Waals surface area contributed by atoms with Crippen molar-refractivity contribution in [3.8, 4) is 0 Å². The van der Waals surface area contributed by atoms with E-state index in [2.05, 4.69) is 10.2 Å². The number of aliphatic hydroxyl groups excluding tert-OH is 1. The van der Waals surface area contributed by atoms with Crippen LogP contribution in [-0.2, 0) is 0 Å². The molecule has 0 amide bonds. The topological polar surface area (TPSA) is 98.0 Å². The number of nitrogens with zero attached hydrogens (tertiary/aromatic N) is 2. The lowest BCUT2D eigenvalue weighted by molar-refractivity contribution is 0.432. The van der Waals surface area contributed by atoms with Crippen molar-refractivity contribution in [2.75, 3.05) is 11.5 Å². The number of nitrogens with two attached hydrogens (primary N) is 2. The van der Waals surface area contributed by atoms with Gasteiger partial charge >= 0.3 is 0 Å². The summed E-state index contributed by atoms with van der Waals surface area (Å²) < 4.78 is 0. The normalized spacial score (nSPS) is 15.7. The van der Waals surface area contributed by atoms with Crippen LogP contribution in [0.1, 0.15) is 18.5 Å². The molecule has 0 aromatic carbocycles. The molecule has 1 aromatic rings. The SMILES string of the molecule is Nc1cc(C2=CCCC=C2O)nnc1N. The Hall–Kier alpha value is -2.04. The second-order valence-corrected chi connectivity index (χ2v) is 3.35. The number of anilines is 2. The fourth-order valence-electron chi connectivity index (χ4n) is 1.45. The molecule has 0 saturated heterocycles. The molecular weight excluding hydrogens is 192 g/mol. The fraction of sp³-hybridized carbons (Fsp3) is 0.200. The Morgan fingerprint density at radius 3 is 2.53 bits per heavy atom. The van der Waals surface area contributed by atoms with Crippen LogP contribution in [0.25, 0.3) is 5.57 Å². The average Bonchev–Trinajstić information content (AvgIpc) is 2.23. The molecule has 0 aliphatic heterocycles. The highest BCUT2D eigenvalue weighted by atomic mass is 16.3. The van der Waals surface area contributed by atoms with E-state index in [0.29, 0.717) is 17.0 Å². The van der Waals surface area contributed by atoms with E-state index in [1.54, 1.807) is 12.1 Å². The average molecular weight is 204 g/mol. The van der Waals surface area contributed by atoms with E-state index >= 15 is 0 Å². The first-order valence-corrected chi connectivity index (χ1v) is 4.67. The minimum absolute atomic E-state index is 0.207. The Kier molecular flexibility index (Phi) is 2.29. The summed E-state index contributed by atoms with van der Waals surface area (Å²) in [5.41, 5.74) is 12.7. The van der Waals surface area contributed by atoms with Crippen molar-refractivity contribution in [2.45, 2.75) is 12.8 Å². The van der Waals surface area contributed by atoms with Gasteiger partial charge in [0.15, 0.2) is 5.82 Å². The third-order valence-electron chi connectivity index (χ3n) is 2.26. The minimum atomic E-state index is 0.207. The molecular formula is C10H12N4O. The summed E-state index contributed by atoms with van der Waals surface area (Å²) in [4.78, 5) is 0. The third kappa shape index (κ3) is 1.76. The fourth-order valence-corrected chi connectivity index (χ4v) is 1.45. The van der Waals surface area contributed by atoms with E-state index in [9.17, 15) is 5.11 Å². The number of hydrogen-bond donors (Lipinski definition) is 3. The summed E-state index contributed by atoms with van der Waals surface area (Å²) in [7, 11) is 0. The van der Waals surface area contributed by atoms with Gasteiger partial charge < -0.3 is 16.6 Å². The maximum absolute atomic E-state index is 9.64. The molecule has 15 heavy (non-hydrogen) atoms. The van der Waals surface area contributed by atoms with E-state index in [1.165, 1.54) is 0 Å². The lowest BCUT2D eigenvalue weighted by Crippen LogP contribution is -2.04. The predicted octanol–water partition coefficient (Wildman–Crippen LogP) is 1.26. The summed E-state index contributed by atoms with van der Waals surface area (Å²) in [6.07, 6.45) is 5.39. The Labute approximate surface area is 87.1 Å². The quantitative estimate of drug-likeness (QED) is 0.639. The minimum Gasteiger partial charge on any atom is -0.508 e. The zero-order valence-electron chi connectivity index (χ0n) is 8.14. The van der Waals surface area contributed by atoms with Crippen LogP contribution >= 0.6 is 0 Å². The molecule has 0 saturated carbocycles. The molecule has 5 heteroatoms. The molecule has 5 N–H and O–H groups in total. The molecule has 1 aliphatic carbocycles. The van der Waals surface area contributed by atoms with Crippen molar-refractivity contribution < 1.29 is 5.11 Å². The molecule has 2 rings (SSSR count). The number of nitrogen functional groups attached to an aromatic ring is 2. The van der Waals surface area contributed by atoms with E-state index in [1.807, 2.05) is 6.08 Å². The van der Waals surface area contributed by atoms with Crippen molar-refractivity contribution in [3.05, 3.63) is 29.7 Å². The lowest BCUT2D eigenvalue weighted by Gasteiger charge is -2.10. The number of allylic oxidation sites excluding steroid dienone is 3. The van der Waals surface area contributed by atoms with Gasteiger partial charge in [-0.15, -0.1) is 10.2 Å². The summed E-state index contributed by atoms with van der Waals surface area (Å²) in [6.45, 7) is 0. The predicted molar refractivity (Wildman–Crippen MR) is 58.8 cm³/mol. The van der Waals surface area contributed by atoms with Crippen molar-refractivity contribution in [3.63, 3.8) is 0 Å². The van der Waals surface area contributed by atoms with Gasteiger partial charge in [-0.2, -0.15) is 0 Å². The number of hydrogen-bond acceptors (Lipinski definition) is 5. The maximum atomic E-state index is 9.64. The molecule has 0 atom stereocenters. The van der Waals surface area contributed by atoms with Gasteiger partial charge in [-0.3, -0.25) is 0 Å². The van der Waals surface area contributed by atoms with Crippen molar-refractivity contribution in [1.29, 1.82) is 0 Å². The second kappa shape index (κ2) is 3.61. The summed E-state index contributed by atoms with van der Waals surface area (Å²) in [6, 6.07) is 1.61. The van der Waals surface area contributed by atoms with Crippen LogP contribution in [0.2, 0.25) is 0 Å². The molecule has 78 valence electrons. The van der Waals surface area contributed by atoms with Gasteiger partial charge in [0.25, 0.3) is 0 Å². The molecule has 5 nitrogen and oxygen atoms in total. The molecule has 1 aliphatic rings. The Bertz CT molecular complexity index is 451. The molecule has 0 spiro atoms. The monoisotopic (exact) mass is 204 g/mol. The van der Waals surface area contributed by atoms with Crippen LogP contribution in [0.15, 0.2) is 24.0 Å². The zero-order valence-corrected chi connectivity index (χ0v) is 8.14. The Morgan fingerprint density at radius 1 is 1.13 bits per heavy atom. The molecule has 0 bridgehead atoms. The molecule has 0 radical (unpaired) electrons. The van der Waals surface area contributed by atoms with Gasteiger partial charge in [0, 0.05) is 5.57 Å². The second-order valence-electron chi connectivity index (χ2n) is 3.35. The highest BCUT2D eigenvalue weighted by Crippen LogP contribution is 2.26. The Morgan fingerprint density at radius 2 is 1.87 bits per heavy atom. The lowest BCUT2D eigenvalue weighted by atomic mass is 10.0. The van der Waals surface area contributed by atoms with Crippen LogP contribution in [0.3, 0.4) is 0 Å². The first kappa shape index (κ1) is 9.51. The maximum Gasteiger partial charge on any atom is 0.169 e. The standard InChI is InChI=1S/C10H12N4O/c11-7-5-8(13-14-10(7)12)6-3-1-2-4-9(6)15/h3-5,15H,1-2H2,(H2,11,13)(H2,12,14). The van der Waals surface area contributed by atoms with Crippen LogP contribution in [0.4, 0.5) is 11.5 Å². The van der Waals surface area contributed by atoms with Crippen LogP contribution in [-0.4, -0.2) is 15.3 Å². The molecule has 0 fully saturated rings. The first-order chi connectivity index (χ1) is 7.18. The largest absolute Gasteiger partial charge is 0.508 e. The van der Waals surface area contributed by atoms with Crippen molar-refractivity contribution in [1.82, 2.24) is 10.2 Å². The molecule has 1 aromatic heterocycles. The van der Waals surface area contributed by atoms with Crippen LogP contribution in [0.5, 0.6) is 0 Å². The summed E-state index contributed by atoms with van der Waals surface area (Å²) in [5, 5.41) is 17.2. The van der Waals surface area contributed by atoms with Gasteiger partial charge in [0.05, 0.1) is 11.4 Å². The van der Waals surface area contributed by atoms with E-state index < -0.39 is 0 Å². The summed E-state index contributed by atoms with van der Waals surface area (Å²) >= 11 is 0. The Balaban J connectivity index is 2.42.